The Balaban J connectivity index is 1.56. The van der Waals surface area contributed by atoms with E-state index in [9.17, 15) is 19.0 Å². The summed E-state index contributed by atoms with van der Waals surface area (Å²) in [5.74, 6) is -1.90. The molecule has 7 nitrogen and oxygen atoms in total. The highest BCUT2D eigenvalue weighted by Crippen LogP contribution is 2.48. The molecule has 9 heteroatoms. The minimum Gasteiger partial charge on any atom is -0.396 e. The molecule has 0 bridgehead atoms. The molecule has 27 heavy (non-hydrogen) atoms. The number of aliphatic hydroxyl groups excluding tert-OH is 2. The van der Waals surface area contributed by atoms with Crippen molar-refractivity contribution in [3.8, 4) is 0 Å². The SMILES string of the molecule is CN(c1ncnc2c1ncn2C1CC(CO)(CO)C1)C1CCC(F)(F)CC1. The second-order valence-electron chi connectivity index (χ2n) is 8.10. The highest BCUT2D eigenvalue weighted by atomic mass is 19.3. The van der Waals surface area contributed by atoms with Gasteiger partial charge in [0, 0.05) is 37.4 Å². The van der Waals surface area contributed by atoms with Gasteiger partial charge in [-0.05, 0) is 25.7 Å². The summed E-state index contributed by atoms with van der Waals surface area (Å²) in [6.07, 6.45) is 5.18. The molecule has 0 saturated heterocycles. The molecule has 2 aliphatic carbocycles. The van der Waals surface area contributed by atoms with Crippen molar-refractivity contribution in [2.45, 2.75) is 56.5 Å². The van der Waals surface area contributed by atoms with Crippen LogP contribution in [-0.4, -0.2) is 62.0 Å². The summed E-state index contributed by atoms with van der Waals surface area (Å²) in [4.78, 5) is 15.2. The van der Waals surface area contributed by atoms with Crippen LogP contribution in [0.25, 0.3) is 11.2 Å². The highest BCUT2D eigenvalue weighted by Gasteiger charge is 2.45. The number of imidazole rings is 1. The van der Waals surface area contributed by atoms with E-state index < -0.39 is 11.3 Å². The Hall–Kier alpha value is -1.87. The zero-order valence-corrected chi connectivity index (χ0v) is 15.4. The summed E-state index contributed by atoms with van der Waals surface area (Å²) in [7, 11) is 1.88. The van der Waals surface area contributed by atoms with Crippen molar-refractivity contribution in [2.24, 2.45) is 5.41 Å². The van der Waals surface area contributed by atoms with Crippen LogP contribution in [0.2, 0.25) is 0 Å². The number of aliphatic hydroxyl groups is 2. The molecule has 2 aromatic rings. The molecule has 0 aromatic carbocycles. The van der Waals surface area contributed by atoms with Gasteiger partial charge in [-0.3, -0.25) is 0 Å². The van der Waals surface area contributed by atoms with E-state index in [2.05, 4.69) is 15.0 Å². The lowest BCUT2D eigenvalue weighted by atomic mass is 9.66. The van der Waals surface area contributed by atoms with E-state index in [4.69, 9.17) is 0 Å². The van der Waals surface area contributed by atoms with E-state index in [1.54, 1.807) is 6.33 Å². The largest absolute Gasteiger partial charge is 0.396 e. The number of halogens is 2. The third-order valence-electron chi connectivity index (χ3n) is 6.31. The summed E-state index contributed by atoms with van der Waals surface area (Å²) < 4.78 is 28.9. The monoisotopic (exact) mass is 381 g/mol. The predicted molar refractivity (Wildman–Crippen MR) is 95.8 cm³/mol. The molecule has 148 valence electrons. The third kappa shape index (κ3) is 3.16. The summed E-state index contributed by atoms with van der Waals surface area (Å²) in [6, 6.07) is 0.128. The van der Waals surface area contributed by atoms with Crippen molar-refractivity contribution in [1.29, 1.82) is 0 Å². The molecule has 2 aliphatic rings. The molecule has 2 fully saturated rings. The van der Waals surface area contributed by atoms with Crippen molar-refractivity contribution >= 4 is 17.0 Å². The number of rotatable bonds is 5. The maximum absolute atomic E-state index is 13.5. The van der Waals surface area contributed by atoms with Gasteiger partial charge in [-0.15, -0.1) is 0 Å². The molecular formula is C18H25F2N5O2. The Morgan fingerprint density at radius 1 is 1.15 bits per heavy atom. The van der Waals surface area contributed by atoms with Crippen LogP contribution in [0.15, 0.2) is 12.7 Å². The lowest BCUT2D eigenvalue weighted by Gasteiger charge is -2.45. The van der Waals surface area contributed by atoms with E-state index in [0.717, 1.165) is 0 Å². The van der Waals surface area contributed by atoms with Crippen LogP contribution in [0.5, 0.6) is 0 Å². The molecule has 4 rings (SSSR count). The topological polar surface area (TPSA) is 87.3 Å². The number of hydrogen-bond acceptors (Lipinski definition) is 6. The Bertz CT molecular complexity index is 805. The molecule has 0 amide bonds. The van der Waals surface area contributed by atoms with Crippen LogP contribution in [-0.2, 0) is 0 Å². The van der Waals surface area contributed by atoms with E-state index in [1.807, 2.05) is 16.5 Å². The predicted octanol–water partition coefficient (Wildman–Crippen LogP) is 2.15. The molecule has 0 radical (unpaired) electrons. The first-order valence-corrected chi connectivity index (χ1v) is 9.38. The van der Waals surface area contributed by atoms with Crippen LogP contribution in [0, 0.1) is 5.41 Å². The molecule has 2 N–H and O–H groups in total. The molecule has 0 aliphatic heterocycles. The van der Waals surface area contributed by atoms with Crippen LogP contribution < -0.4 is 4.90 Å². The zero-order chi connectivity index (χ0) is 19.2. The molecular weight excluding hydrogens is 356 g/mol. The number of nitrogens with zero attached hydrogens (tertiary/aromatic N) is 5. The number of fused-ring (bicyclic) bond motifs is 1. The maximum atomic E-state index is 13.5. The lowest BCUT2D eigenvalue weighted by molar-refractivity contribution is -0.0421. The van der Waals surface area contributed by atoms with Crippen molar-refractivity contribution in [3.63, 3.8) is 0 Å². The van der Waals surface area contributed by atoms with Crippen molar-refractivity contribution in [3.05, 3.63) is 12.7 Å². The smallest absolute Gasteiger partial charge is 0.248 e. The van der Waals surface area contributed by atoms with Gasteiger partial charge in [-0.1, -0.05) is 0 Å². The highest BCUT2D eigenvalue weighted by molar-refractivity contribution is 5.83. The van der Waals surface area contributed by atoms with Crippen molar-refractivity contribution in [2.75, 3.05) is 25.2 Å². The van der Waals surface area contributed by atoms with Gasteiger partial charge < -0.3 is 19.7 Å². The van der Waals surface area contributed by atoms with Crippen molar-refractivity contribution < 1.29 is 19.0 Å². The molecule has 0 unspecified atom stereocenters. The molecule has 0 spiro atoms. The van der Waals surface area contributed by atoms with Gasteiger partial charge >= 0.3 is 0 Å². The van der Waals surface area contributed by atoms with Gasteiger partial charge in [0.2, 0.25) is 5.92 Å². The van der Waals surface area contributed by atoms with Gasteiger partial charge in [-0.2, -0.15) is 0 Å². The van der Waals surface area contributed by atoms with Crippen LogP contribution >= 0.6 is 0 Å². The van der Waals surface area contributed by atoms with Gasteiger partial charge in [0.05, 0.1) is 19.5 Å². The maximum Gasteiger partial charge on any atom is 0.248 e. The van der Waals surface area contributed by atoms with Gasteiger partial charge in [0.1, 0.15) is 6.33 Å². The second kappa shape index (κ2) is 6.63. The van der Waals surface area contributed by atoms with Crippen LogP contribution in [0.3, 0.4) is 0 Å². The average molecular weight is 381 g/mol. The van der Waals surface area contributed by atoms with E-state index >= 15 is 0 Å². The minimum absolute atomic E-state index is 0.00741. The first-order chi connectivity index (χ1) is 12.9. The summed E-state index contributed by atoms with van der Waals surface area (Å²) in [6.45, 7) is -0.0795. The molecule has 2 heterocycles. The van der Waals surface area contributed by atoms with Gasteiger partial charge in [-0.25, -0.2) is 23.7 Å². The first-order valence-electron chi connectivity index (χ1n) is 9.38. The Labute approximate surface area is 156 Å². The third-order valence-corrected chi connectivity index (χ3v) is 6.31. The molecule has 2 aromatic heterocycles. The zero-order valence-electron chi connectivity index (χ0n) is 15.4. The van der Waals surface area contributed by atoms with E-state index in [-0.39, 0.29) is 38.1 Å². The van der Waals surface area contributed by atoms with Gasteiger partial charge in [0.15, 0.2) is 17.0 Å². The number of anilines is 1. The summed E-state index contributed by atoms with van der Waals surface area (Å²) >= 11 is 0. The normalized spacial score (nSPS) is 22.7. The number of alkyl halides is 2. The fourth-order valence-electron chi connectivity index (χ4n) is 4.39. The van der Waals surface area contributed by atoms with Gasteiger partial charge in [0.25, 0.3) is 0 Å². The second-order valence-corrected chi connectivity index (χ2v) is 8.10. The average Bonchev–Trinajstić information content (AvgIpc) is 3.05. The van der Waals surface area contributed by atoms with E-state index in [0.29, 0.717) is 42.7 Å². The van der Waals surface area contributed by atoms with Crippen molar-refractivity contribution in [1.82, 2.24) is 19.5 Å². The first kappa shape index (κ1) is 18.5. The van der Waals surface area contributed by atoms with Crippen LogP contribution in [0.4, 0.5) is 14.6 Å². The number of hydrogen-bond donors (Lipinski definition) is 2. The van der Waals surface area contributed by atoms with Crippen LogP contribution in [0.1, 0.15) is 44.6 Å². The quantitative estimate of drug-likeness (QED) is 0.825. The van der Waals surface area contributed by atoms with E-state index in [1.165, 1.54) is 6.33 Å². The Kier molecular flexibility index (Phi) is 4.54. The standard InChI is InChI=1S/C18H25F2N5O2/c1-24(12-2-4-18(19,20)5-3-12)15-14-16(22-10-21-15)25(11-23-14)13-6-17(7-13,8-26)9-27/h10-13,26-27H,2-9H2,1H3. The Morgan fingerprint density at radius 3 is 2.44 bits per heavy atom. The Morgan fingerprint density at radius 2 is 1.81 bits per heavy atom. The fourth-order valence-corrected chi connectivity index (χ4v) is 4.39. The fraction of sp³-hybridized carbons (Fsp3) is 0.722. The lowest BCUT2D eigenvalue weighted by Crippen LogP contribution is -2.44. The number of aromatic nitrogens is 4. The summed E-state index contributed by atoms with van der Waals surface area (Å²) in [5, 5.41) is 19.0. The molecule has 0 atom stereocenters. The minimum atomic E-state index is -2.56. The summed E-state index contributed by atoms with van der Waals surface area (Å²) in [5.41, 5.74) is 0.923. The molecule has 2 saturated carbocycles.